The van der Waals surface area contributed by atoms with Gasteiger partial charge in [-0.05, 0) is 18.2 Å². The van der Waals surface area contributed by atoms with Crippen LogP contribution in [0.2, 0.25) is 5.02 Å². The summed E-state index contributed by atoms with van der Waals surface area (Å²) in [6.45, 7) is 0. The van der Waals surface area contributed by atoms with Gasteiger partial charge in [0.2, 0.25) is 0 Å². The van der Waals surface area contributed by atoms with E-state index in [4.69, 9.17) is 16.3 Å². The lowest BCUT2D eigenvalue weighted by atomic mass is 11.2. The minimum absolute atomic E-state index is 0.394. The van der Waals surface area contributed by atoms with Gasteiger partial charge in [-0.25, -0.2) is 4.79 Å². The molecule has 13 heavy (non-hydrogen) atoms. The number of carbonyl (C=O) groups excluding carboxylic acids is 1. The van der Waals surface area contributed by atoms with E-state index < -0.39 is 5.97 Å². The Bertz CT molecular complexity index is 323. The van der Waals surface area contributed by atoms with E-state index in [1.165, 1.54) is 20.3 Å². The van der Waals surface area contributed by atoms with Crippen LogP contribution in [0.4, 0.5) is 0 Å². The summed E-state index contributed by atoms with van der Waals surface area (Å²) in [4.78, 5) is 11.0. The van der Waals surface area contributed by atoms with Gasteiger partial charge in [0.1, 0.15) is 5.75 Å². The maximum atomic E-state index is 11.0. The SMILES string of the molecule is CO[13C](=O)[13c]1[13cH][13cH][13c](OC)[13c](Cl)[13cH]1. The van der Waals surface area contributed by atoms with Gasteiger partial charge in [-0.2, -0.15) is 0 Å². The highest BCUT2D eigenvalue weighted by Crippen LogP contribution is 2.24. The number of benzene rings is 1. The molecule has 0 amide bonds. The molecule has 0 spiro atoms. The topological polar surface area (TPSA) is 35.5 Å². The average molecular weight is 208 g/mol. The third kappa shape index (κ3) is 2.12. The molecule has 1 aromatic carbocycles. The first kappa shape index (κ1) is 9.86. The molecule has 0 radical (unpaired) electrons. The fourth-order valence-corrected chi connectivity index (χ4v) is 1.17. The molecule has 1 aromatic rings. The number of ether oxygens (including phenoxy) is 2. The first-order valence-corrected chi connectivity index (χ1v) is 3.98. The zero-order chi connectivity index (χ0) is 9.84. The molecule has 0 aromatic heterocycles. The second kappa shape index (κ2) is 4.14. The lowest BCUT2D eigenvalue weighted by Gasteiger charge is -2.04. The molecule has 0 heterocycles. The summed E-state index contributed by atoms with van der Waals surface area (Å²) in [6, 6.07) is 4.72. The number of rotatable bonds is 2. The zero-order valence-corrected chi connectivity index (χ0v) is 8.09. The van der Waals surface area contributed by atoms with Gasteiger partial charge < -0.3 is 9.47 Å². The first-order chi connectivity index (χ1) is 6.19. The average Bonchev–Trinajstić information content (AvgIpc) is 2.16. The van der Waals surface area contributed by atoms with Crippen molar-refractivity contribution in [2.75, 3.05) is 14.2 Å². The van der Waals surface area contributed by atoms with Gasteiger partial charge in [-0.1, -0.05) is 11.6 Å². The van der Waals surface area contributed by atoms with E-state index in [9.17, 15) is 4.79 Å². The Kier molecular flexibility index (Phi) is 3.14. The smallest absolute Gasteiger partial charge is 0.337 e. The Morgan fingerprint density at radius 3 is 2.54 bits per heavy atom. The first-order valence-electron chi connectivity index (χ1n) is 3.61. The Labute approximate surface area is 81.2 Å². The molecule has 70 valence electrons. The van der Waals surface area contributed by atoms with Crippen molar-refractivity contribution in [2.45, 2.75) is 0 Å². The highest BCUT2D eigenvalue weighted by molar-refractivity contribution is 6.32. The Hall–Kier alpha value is -1.22. The van der Waals surface area contributed by atoms with Crippen LogP contribution in [0.15, 0.2) is 18.2 Å². The molecule has 0 N–H and O–H groups in total. The predicted octanol–water partition coefficient (Wildman–Crippen LogP) is 2.14. The lowest BCUT2D eigenvalue weighted by molar-refractivity contribution is 0.0600. The molecule has 0 aliphatic heterocycles. The van der Waals surface area contributed by atoms with Crippen LogP contribution in [0.25, 0.3) is 0 Å². The van der Waals surface area contributed by atoms with Crippen molar-refractivity contribution in [3.8, 4) is 5.75 Å². The van der Waals surface area contributed by atoms with Crippen molar-refractivity contribution >= 4 is 17.6 Å². The van der Waals surface area contributed by atoms with Crippen molar-refractivity contribution < 1.29 is 14.3 Å². The number of esters is 1. The maximum Gasteiger partial charge on any atom is 0.337 e. The zero-order valence-electron chi connectivity index (χ0n) is 7.33. The van der Waals surface area contributed by atoms with E-state index >= 15 is 0 Å². The Morgan fingerprint density at radius 1 is 1.38 bits per heavy atom. The van der Waals surface area contributed by atoms with Crippen molar-refractivity contribution in [3.63, 3.8) is 0 Å². The minimum atomic E-state index is -0.412. The second-order valence-electron chi connectivity index (χ2n) is 2.34. The van der Waals surface area contributed by atoms with Crippen LogP contribution in [-0.4, -0.2) is 20.2 Å². The normalized spacial score (nSPS) is 9.46. The van der Waals surface area contributed by atoms with Crippen molar-refractivity contribution in [2.24, 2.45) is 0 Å². The van der Waals surface area contributed by atoms with E-state index in [1.54, 1.807) is 12.1 Å². The molecule has 0 bridgehead atoms. The summed E-state index contributed by atoms with van der Waals surface area (Å²) in [5.74, 6) is 0.124. The number of hydrogen-bond acceptors (Lipinski definition) is 3. The third-order valence-corrected chi connectivity index (χ3v) is 1.87. The van der Waals surface area contributed by atoms with Crippen LogP contribution in [0.1, 0.15) is 10.4 Å². The lowest BCUT2D eigenvalue weighted by Crippen LogP contribution is -2.00. The van der Waals surface area contributed by atoms with E-state index in [1.807, 2.05) is 0 Å². The van der Waals surface area contributed by atoms with Crippen molar-refractivity contribution in [1.82, 2.24) is 0 Å². The molecule has 0 aliphatic rings. The van der Waals surface area contributed by atoms with E-state index in [-0.39, 0.29) is 0 Å². The summed E-state index contributed by atoms with van der Waals surface area (Å²) >= 11 is 5.80. The minimum Gasteiger partial charge on any atom is -0.495 e. The predicted molar refractivity (Wildman–Crippen MR) is 49.3 cm³/mol. The summed E-state index contributed by atoms with van der Waals surface area (Å²) in [6.07, 6.45) is 0. The summed E-state index contributed by atoms with van der Waals surface area (Å²) in [5.41, 5.74) is 0.410. The van der Waals surface area contributed by atoms with Crippen molar-refractivity contribution in [1.29, 1.82) is 0 Å². The molecule has 0 saturated heterocycles. The van der Waals surface area contributed by atoms with Crippen molar-refractivity contribution in [3.05, 3.63) is 28.8 Å². The molecule has 0 aliphatic carbocycles. The monoisotopic (exact) mass is 207 g/mol. The van der Waals surface area contributed by atoms with E-state index in [0.29, 0.717) is 16.3 Å². The highest BCUT2D eigenvalue weighted by Gasteiger charge is 2.08. The van der Waals surface area contributed by atoms with Gasteiger partial charge >= 0.3 is 5.97 Å². The number of methoxy groups -OCH3 is 2. The molecule has 4 heteroatoms. The quantitative estimate of drug-likeness (QED) is 0.551. The number of hydrogen-bond donors (Lipinski definition) is 0. The van der Waals surface area contributed by atoms with E-state index in [0.717, 1.165) is 0 Å². The molecule has 3 nitrogen and oxygen atoms in total. The number of halogens is 1. The Balaban J connectivity index is 3.02. The van der Waals surface area contributed by atoms with Crippen LogP contribution in [0.5, 0.6) is 5.75 Å². The van der Waals surface area contributed by atoms with Crippen LogP contribution in [0.3, 0.4) is 0 Å². The van der Waals surface area contributed by atoms with Gasteiger partial charge in [-0.3, -0.25) is 0 Å². The highest BCUT2D eigenvalue weighted by atomic mass is 35.5. The van der Waals surface area contributed by atoms with Gasteiger partial charge in [0.25, 0.3) is 0 Å². The fraction of sp³-hybridized carbons (Fsp3) is 0.222. The Morgan fingerprint density at radius 2 is 2.08 bits per heavy atom. The molecular weight excluding hydrogens is 198 g/mol. The maximum absolute atomic E-state index is 11.0. The van der Waals surface area contributed by atoms with Gasteiger partial charge in [0.05, 0.1) is 24.8 Å². The molecular formula is C9H9ClO3. The molecule has 1 rings (SSSR count). The van der Waals surface area contributed by atoms with Gasteiger partial charge in [0, 0.05) is 0 Å². The number of carbonyl (C=O) groups is 1. The third-order valence-electron chi connectivity index (χ3n) is 1.57. The van der Waals surface area contributed by atoms with E-state index in [2.05, 4.69) is 4.74 Å². The summed E-state index contributed by atoms with van der Waals surface area (Å²) < 4.78 is 9.46. The van der Waals surface area contributed by atoms with Gasteiger partial charge in [0.15, 0.2) is 0 Å². The van der Waals surface area contributed by atoms with Crippen LogP contribution in [-0.2, 0) is 4.74 Å². The van der Waals surface area contributed by atoms with Crippen LogP contribution >= 0.6 is 11.6 Å². The van der Waals surface area contributed by atoms with Crippen LogP contribution < -0.4 is 4.74 Å². The largest absolute Gasteiger partial charge is 0.495 e. The summed E-state index contributed by atoms with van der Waals surface area (Å²) in [5, 5.41) is 0.394. The molecule has 0 saturated carbocycles. The van der Waals surface area contributed by atoms with Gasteiger partial charge in [-0.15, -0.1) is 0 Å². The standard InChI is InChI=1S/C9H9ClO3/c1-12-8-4-3-6(5-7(8)10)9(11)13-2/h3-5H,1-2H3/i3+1,4+1,5+1,6+1,7+1,8+1,9+1. The molecule has 0 fully saturated rings. The fourth-order valence-electron chi connectivity index (χ4n) is 0.911. The second-order valence-corrected chi connectivity index (χ2v) is 2.75. The molecule has 0 atom stereocenters. The summed E-state index contributed by atoms with van der Waals surface area (Å²) in [7, 11) is 2.83. The van der Waals surface area contributed by atoms with Crippen LogP contribution in [0, 0.1) is 0 Å². The molecule has 0 unspecified atom stereocenters.